The first kappa shape index (κ1) is 27.7. The van der Waals surface area contributed by atoms with Gasteiger partial charge in [-0.15, -0.1) is 0 Å². The van der Waals surface area contributed by atoms with Crippen molar-refractivity contribution >= 4 is 39.8 Å². The molecule has 4 heterocycles. The van der Waals surface area contributed by atoms with Crippen LogP contribution in [0.1, 0.15) is 60.7 Å². The Morgan fingerprint density at radius 1 is 1.18 bits per heavy atom. The van der Waals surface area contributed by atoms with Crippen molar-refractivity contribution in [3.8, 4) is 11.1 Å². The number of nitrogens with one attached hydrogen (secondary N) is 1. The number of nitrogens with zero attached hydrogens (tertiary/aromatic N) is 5. The average Bonchev–Trinajstić information content (AvgIpc) is 3.51. The first-order valence-corrected chi connectivity index (χ1v) is 14.1. The molecule has 0 spiro atoms. The van der Waals surface area contributed by atoms with Gasteiger partial charge in [-0.2, -0.15) is 5.10 Å². The molecule has 0 radical (unpaired) electrons. The number of hydrazine groups is 1. The van der Waals surface area contributed by atoms with E-state index in [1.54, 1.807) is 24.5 Å². The van der Waals surface area contributed by atoms with E-state index in [-0.39, 0.29) is 11.4 Å². The number of rotatable bonds is 5. The van der Waals surface area contributed by atoms with Crippen LogP contribution in [0.5, 0.6) is 0 Å². The molecule has 0 atom stereocenters. The van der Waals surface area contributed by atoms with Crippen LogP contribution >= 0.6 is 22.6 Å². The normalized spacial score (nSPS) is 15.6. The lowest BCUT2D eigenvalue weighted by Crippen LogP contribution is -2.41. The van der Waals surface area contributed by atoms with Crippen molar-refractivity contribution < 1.29 is 13.9 Å². The van der Waals surface area contributed by atoms with Crippen molar-refractivity contribution in [1.82, 2.24) is 24.6 Å². The molecule has 1 aromatic carbocycles. The number of amides is 1. The number of benzene rings is 1. The first-order valence-electron chi connectivity index (χ1n) is 13.1. The molecule has 39 heavy (non-hydrogen) atoms. The molecule has 1 fully saturated rings. The van der Waals surface area contributed by atoms with Gasteiger partial charge in [-0.05, 0) is 91.6 Å². The number of fused-ring (bicyclic) bond motifs is 1. The Hall–Kier alpha value is -2.83. The van der Waals surface area contributed by atoms with Crippen molar-refractivity contribution in [2.45, 2.75) is 58.7 Å². The Labute approximate surface area is 241 Å². The lowest BCUT2D eigenvalue weighted by Gasteiger charge is -2.30. The molecular formula is C29H34FIN6O2. The summed E-state index contributed by atoms with van der Waals surface area (Å²) in [5.74, 6) is -0.203. The largest absolute Gasteiger partial charge is 0.381 e. The van der Waals surface area contributed by atoms with Crippen LogP contribution < -0.4 is 10.4 Å². The topological polar surface area (TPSA) is 76.7 Å². The summed E-state index contributed by atoms with van der Waals surface area (Å²) in [5, 5.41) is 6.04. The Balaban J connectivity index is 1.61. The van der Waals surface area contributed by atoms with Crippen LogP contribution in [0.15, 0.2) is 43.0 Å². The molecule has 1 saturated heterocycles. The van der Waals surface area contributed by atoms with Crippen LogP contribution in [0, 0.1) is 17.5 Å². The van der Waals surface area contributed by atoms with E-state index in [9.17, 15) is 4.79 Å². The van der Waals surface area contributed by atoms with Crippen molar-refractivity contribution in [2.24, 2.45) is 0 Å². The third kappa shape index (κ3) is 4.98. The summed E-state index contributed by atoms with van der Waals surface area (Å²) >= 11 is 2.18. The number of ether oxygens (including phenoxy) is 1. The van der Waals surface area contributed by atoms with Gasteiger partial charge in [-0.1, -0.05) is 6.07 Å². The van der Waals surface area contributed by atoms with E-state index in [4.69, 9.17) is 4.74 Å². The molecule has 1 aliphatic heterocycles. The Morgan fingerprint density at radius 3 is 2.54 bits per heavy atom. The summed E-state index contributed by atoms with van der Waals surface area (Å²) in [7, 11) is 1.73. The SMILES string of the molecule is CNN(C(=O)c1cnn(C(C)(C)C)c1I)c1cc(-c2cc(C3(F)CCOCC3)c3nccn3c2)c(C)cc1C. The zero-order valence-electron chi connectivity index (χ0n) is 23.2. The molecule has 3 aromatic heterocycles. The number of pyridine rings is 1. The van der Waals surface area contributed by atoms with Gasteiger partial charge < -0.3 is 9.14 Å². The minimum Gasteiger partial charge on any atom is -0.381 e. The molecule has 0 saturated carbocycles. The zero-order valence-corrected chi connectivity index (χ0v) is 25.3. The standard InChI is InChI=1S/C29H34FIN6O2/c1-18-13-19(2)24(36(32-6)27(38)22-16-34-37(25(22)31)28(3,4)5)15-21(18)20-14-23(26-33-9-10-35(26)17-20)29(30)7-11-39-12-8-29/h9-10,13-17,32H,7-8,11-12H2,1-6H3. The highest BCUT2D eigenvalue weighted by atomic mass is 127. The molecular weight excluding hydrogens is 610 g/mol. The molecule has 0 unspecified atom stereocenters. The highest BCUT2D eigenvalue weighted by molar-refractivity contribution is 14.1. The third-order valence-electron chi connectivity index (χ3n) is 7.35. The molecule has 5 rings (SSSR count). The molecule has 206 valence electrons. The average molecular weight is 645 g/mol. The maximum atomic E-state index is 16.2. The first-order chi connectivity index (χ1) is 18.4. The number of hydrogen-bond donors (Lipinski definition) is 1. The van der Waals surface area contributed by atoms with E-state index in [0.29, 0.717) is 42.8 Å². The second-order valence-electron chi connectivity index (χ2n) is 11.1. The van der Waals surface area contributed by atoms with E-state index < -0.39 is 5.67 Å². The summed E-state index contributed by atoms with van der Waals surface area (Å²) in [6.45, 7) is 10.9. The Kier molecular flexibility index (Phi) is 7.32. The lowest BCUT2D eigenvalue weighted by atomic mass is 9.87. The van der Waals surface area contributed by atoms with Crippen molar-refractivity contribution in [3.63, 3.8) is 0 Å². The molecule has 8 nitrogen and oxygen atoms in total. The summed E-state index contributed by atoms with van der Waals surface area (Å²) in [5.41, 5.74) is 7.47. The van der Waals surface area contributed by atoms with Crippen LogP contribution in [-0.4, -0.2) is 45.3 Å². The number of carbonyl (C=O) groups excluding carboxylic acids is 1. The van der Waals surface area contributed by atoms with Gasteiger partial charge in [0.2, 0.25) is 0 Å². The van der Waals surface area contributed by atoms with Crippen LogP contribution in [0.2, 0.25) is 0 Å². The summed E-state index contributed by atoms with van der Waals surface area (Å²) < 4.78 is 26.2. The molecule has 1 aliphatic rings. The number of aromatic nitrogens is 4. The molecule has 10 heteroatoms. The number of alkyl halides is 1. The number of halogens is 2. The van der Waals surface area contributed by atoms with E-state index in [1.165, 1.54) is 0 Å². The number of anilines is 1. The highest BCUT2D eigenvalue weighted by Gasteiger charge is 2.37. The summed E-state index contributed by atoms with van der Waals surface area (Å²) in [6.07, 6.45) is 7.71. The van der Waals surface area contributed by atoms with Gasteiger partial charge in [-0.25, -0.2) is 19.8 Å². The quantitative estimate of drug-likeness (QED) is 0.215. The van der Waals surface area contributed by atoms with Gasteiger partial charge in [0.25, 0.3) is 5.91 Å². The second kappa shape index (κ2) is 10.3. The second-order valence-corrected chi connectivity index (χ2v) is 12.1. The van der Waals surface area contributed by atoms with E-state index in [1.807, 2.05) is 47.5 Å². The molecule has 0 bridgehead atoms. The van der Waals surface area contributed by atoms with E-state index in [2.05, 4.69) is 64.9 Å². The molecule has 4 aromatic rings. The van der Waals surface area contributed by atoms with Crippen molar-refractivity contribution in [1.29, 1.82) is 0 Å². The molecule has 1 N–H and O–H groups in total. The smallest absolute Gasteiger partial charge is 0.276 e. The van der Waals surface area contributed by atoms with Crippen molar-refractivity contribution in [2.75, 3.05) is 25.3 Å². The minimum atomic E-state index is -1.51. The zero-order chi connectivity index (χ0) is 28.1. The van der Waals surface area contributed by atoms with Gasteiger partial charge in [-0.3, -0.25) is 9.48 Å². The van der Waals surface area contributed by atoms with E-state index in [0.717, 1.165) is 31.6 Å². The highest BCUT2D eigenvalue weighted by Crippen LogP contribution is 2.41. The van der Waals surface area contributed by atoms with Gasteiger partial charge in [0.15, 0.2) is 0 Å². The Bertz CT molecular complexity index is 1550. The maximum Gasteiger partial charge on any atom is 0.276 e. The predicted molar refractivity (Wildman–Crippen MR) is 159 cm³/mol. The van der Waals surface area contributed by atoms with Crippen LogP contribution in [-0.2, 0) is 15.9 Å². The fourth-order valence-corrected chi connectivity index (χ4v) is 6.48. The number of aryl methyl sites for hydroxylation is 2. The summed E-state index contributed by atoms with van der Waals surface area (Å²) in [6, 6.07) is 5.97. The molecule has 1 amide bonds. The fourth-order valence-electron chi connectivity index (χ4n) is 5.26. The van der Waals surface area contributed by atoms with Crippen molar-refractivity contribution in [3.05, 3.63) is 68.9 Å². The van der Waals surface area contributed by atoms with Gasteiger partial charge in [0.05, 0.1) is 23.0 Å². The third-order valence-corrected chi connectivity index (χ3v) is 8.39. The van der Waals surface area contributed by atoms with Crippen LogP contribution in [0.25, 0.3) is 16.8 Å². The predicted octanol–water partition coefficient (Wildman–Crippen LogP) is 5.93. The van der Waals surface area contributed by atoms with Crippen LogP contribution in [0.3, 0.4) is 0 Å². The van der Waals surface area contributed by atoms with Gasteiger partial charge in [0, 0.05) is 57.3 Å². The number of carbonyl (C=O) groups is 1. The molecule has 0 aliphatic carbocycles. The maximum absolute atomic E-state index is 16.2. The minimum absolute atomic E-state index is 0.203. The number of hydrogen-bond acceptors (Lipinski definition) is 5. The summed E-state index contributed by atoms with van der Waals surface area (Å²) in [4.78, 5) is 18.3. The van der Waals surface area contributed by atoms with Gasteiger partial charge >= 0.3 is 0 Å². The monoisotopic (exact) mass is 644 g/mol. The van der Waals surface area contributed by atoms with Crippen LogP contribution in [0.4, 0.5) is 10.1 Å². The Morgan fingerprint density at radius 2 is 1.90 bits per heavy atom. The fraction of sp³-hybridized carbons (Fsp3) is 0.414. The lowest BCUT2D eigenvalue weighted by molar-refractivity contribution is -0.0109. The number of imidazole rings is 1. The van der Waals surface area contributed by atoms with Gasteiger partial charge in [0.1, 0.15) is 15.0 Å². The van der Waals surface area contributed by atoms with E-state index >= 15 is 4.39 Å².